The molecule has 5 heteroatoms. The number of hydrogen-bond acceptors (Lipinski definition) is 4. The van der Waals surface area contributed by atoms with Crippen LogP contribution in [0, 0.1) is 0 Å². The molecule has 0 radical (unpaired) electrons. The molecule has 0 atom stereocenters. The van der Waals surface area contributed by atoms with Gasteiger partial charge in [-0.05, 0) is 19.3 Å². The van der Waals surface area contributed by atoms with Crippen molar-refractivity contribution in [2.75, 3.05) is 18.0 Å². The topological polar surface area (TPSA) is 46.8 Å². The minimum Gasteiger partial charge on any atom is -0.355 e. The molecule has 0 aromatic carbocycles. The van der Waals surface area contributed by atoms with Crippen LogP contribution in [0.2, 0.25) is 0 Å². The maximum atomic E-state index is 4.80. The summed E-state index contributed by atoms with van der Waals surface area (Å²) < 4.78 is 2.25. The molecule has 0 N–H and O–H groups in total. The van der Waals surface area contributed by atoms with Crippen LogP contribution in [-0.4, -0.2) is 32.6 Å². The van der Waals surface area contributed by atoms with E-state index in [0.717, 1.165) is 55.3 Å². The third kappa shape index (κ3) is 1.72. The van der Waals surface area contributed by atoms with E-state index < -0.39 is 0 Å². The molecule has 2 aromatic rings. The van der Waals surface area contributed by atoms with Gasteiger partial charge in [-0.25, -0.2) is 15.0 Å². The van der Waals surface area contributed by atoms with Crippen molar-refractivity contribution in [3.63, 3.8) is 0 Å². The normalized spacial score (nSPS) is 18.8. The zero-order chi connectivity index (χ0) is 12.7. The number of fused-ring (bicyclic) bond motifs is 3. The van der Waals surface area contributed by atoms with Gasteiger partial charge in [0.05, 0.1) is 0 Å². The van der Waals surface area contributed by atoms with E-state index in [1.165, 1.54) is 12.8 Å². The SMILES string of the molecule is C1=CCc2nc3c(N4CCCC4)ncnc3n2CC1. The number of anilines is 1. The fourth-order valence-corrected chi connectivity index (χ4v) is 3.03. The number of hydrogen-bond donors (Lipinski definition) is 0. The van der Waals surface area contributed by atoms with Crippen LogP contribution >= 0.6 is 0 Å². The Morgan fingerprint density at radius 1 is 1.00 bits per heavy atom. The number of rotatable bonds is 1. The molecule has 2 aromatic heterocycles. The number of aryl methyl sites for hydroxylation is 1. The molecule has 4 heterocycles. The monoisotopic (exact) mass is 255 g/mol. The highest BCUT2D eigenvalue weighted by atomic mass is 15.2. The van der Waals surface area contributed by atoms with Gasteiger partial charge in [0.25, 0.3) is 0 Å². The van der Waals surface area contributed by atoms with Crippen molar-refractivity contribution < 1.29 is 0 Å². The summed E-state index contributed by atoms with van der Waals surface area (Å²) in [6.07, 6.45) is 10.6. The molecular formula is C14H17N5. The highest BCUT2D eigenvalue weighted by Gasteiger charge is 2.21. The van der Waals surface area contributed by atoms with Gasteiger partial charge in [-0.3, -0.25) is 0 Å². The smallest absolute Gasteiger partial charge is 0.165 e. The summed E-state index contributed by atoms with van der Waals surface area (Å²) in [4.78, 5) is 16.1. The summed E-state index contributed by atoms with van der Waals surface area (Å²) >= 11 is 0. The zero-order valence-corrected chi connectivity index (χ0v) is 10.9. The first-order valence-electron chi connectivity index (χ1n) is 7.03. The first-order valence-corrected chi connectivity index (χ1v) is 7.03. The molecule has 0 spiro atoms. The predicted molar refractivity (Wildman–Crippen MR) is 74.2 cm³/mol. The molecule has 98 valence electrons. The summed E-state index contributed by atoms with van der Waals surface area (Å²) in [5.41, 5.74) is 1.98. The number of allylic oxidation sites excluding steroid dienone is 2. The lowest BCUT2D eigenvalue weighted by Crippen LogP contribution is -2.19. The Balaban J connectivity index is 1.89. The van der Waals surface area contributed by atoms with E-state index in [1.54, 1.807) is 6.33 Å². The molecule has 1 saturated heterocycles. The lowest BCUT2D eigenvalue weighted by atomic mass is 10.3. The van der Waals surface area contributed by atoms with Crippen LogP contribution in [0.25, 0.3) is 11.2 Å². The van der Waals surface area contributed by atoms with Crippen molar-refractivity contribution in [2.45, 2.75) is 32.2 Å². The van der Waals surface area contributed by atoms with Crippen LogP contribution in [0.4, 0.5) is 5.82 Å². The highest BCUT2D eigenvalue weighted by molar-refractivity contribution is 5.84. The second kappa shape index (κ2) is 4.33. The quantitative estimate of drug-likeness (QED) is 0.730. The molecular weight excluding hydrogens is 238 g/mol. The number of nitrogens with zero attached hydrogens (tertiary/aromatic N) is 5. The van der Waals surface area contributed by atoms with E-state index in [4.69, 9.17) is 4.98 Å². The van der Waals surface area contributed by atoms with Gasteiger partial charge in [-0.1, -0.05) is 12.2 Å². The Morgan fingerprint density at radius 2 is 1.89 bits per heavy atom. The Hall–Kier alpha value is -1.91. The minimum absolute atomic E-state index is 0.899. The summed E-state index contributed by atoms with van der Waals surface area (Å²) in [6, 6.07) is 0. The largest absolute Gasteiger partial charge is 0.355 e. The molecule has 2 aliphatic heterocycles. The van der Waals surface area contributed by atoms with Crippen LogP contribution in [0.15, 0.2) is 18.5 Å². The molecule has 19 heavy (non-hydrogen) atoms. The highest BCUT2D eigenvalue weighted by Crippen LogP contribution is 2.27. The maximum Gasteiger partial charge on any atom is 0.165 e. The first kappa shape index (κ1) is 11.0. The second-order valence-corrected chi connectivity index (χ2v) is 5.21. The fraction of sp³-hybridized carbons (Fsp3) is 0.500. The minimum atomic E-state index is 0.899. The molecule has 0 saturated carbocycles. The summed E-state index contributed by atoms with van der Waals surface area (Å²) in [6.45, 7) is 3.15. The Labute approximate surface area is 112 Å². The van der Waals surface area contributed by atoms with Gasteiger partial charge in [0.2, 0.25) is 0 Å². The van der Waals surface area contributed by atoms with Gasteiger partial charge < -0.3 is 9.47 Å². The molecule has 0 amide bonds. The first-order chi connectivity index (χ1) is 9.43. The third-order valence-corrected chi connectivity index (χ3v) is 3.98. The maximum absolute atomic E-state index is 4.80. The van der Waals surface area contributed by atoms with Gasteiger partial charge in [-0.15, -0.1) is 0 Å². The Bertz CT molecular complexity index is 637. The Kier molecular flexibility index (Phi) is 2.50. The van der Waals surface area contributed by atoms with E-state index in [9.17, 15) is 0 Å². The second-order valence-electron chi connectivity index (χ2n) is 5.21. The van der Waals surface area contributed by atoms with E-state index in [1.807, 2.05) is 0 Å². The van der Waals surface area contributed by atoms with Crippen molar-refractivity contribution >= 4 is 17.0 Å². The summed E-state index contributed by atoms with van der Waals surface area (Å²) in [7, 11) is 0. The van der Waals surface area contributed by atoms with Crippen LogP contribution in [0.3, 0.4) is 0 Å². The van der Waals surface area contributed by atoms with Gasteiger partial charge in [0.15, 0.2) is 17.0 Å². The average Bonchev–Trinajstić information content (AvgIpc) is 3.01. The Morgan fingerprint density at radius 3 is 2.79 bits per heavy atom. The lowest BCUT2D eigenvalue weighted by Gasteiger charge is -2.15. The van der Waals surface area contributed by atoms with Gasteiger partial charge in [0.1, 0.15) is 12.2 Å². The molecule has 1 fully saturated rings. The summed E-state index contributed by atoms with van der Waals surface area (Å²) in [5.74, 6) is 2.14. The van der Waals surface area contributed by atoms with E-state index in [-0.39, 0.29) is 0 Å². The van der Waals surface area contributed by atoms with Crippen molar-refractivity contribution in [1.82, 2.24) is 19.5 Å². The molecule has 0 aliphatic carbocycles. The van der Waals surface area contributed by atoms with Gasteiger partial charge in [0, 0.05) is 26.1 Å². The van der Waals surface area contributed by atoms with Crippen LogP contribution in [0.5, 0.6) is 0 Å². The standard InChI is InChI=1S/C14H17N5/c1-2-6-11-17-12-13(18-7-4-5-8-18)15-10-16-14(12)19(11)9-3-1/h1-2,10H,3-9H2. The molecule has 2 aliphatic rings. The third-order valence-electron chi connectivity index (χ3n) is 3.98. The lowest BCUT2D eigenvalue weighted by molar-refractivity contribution is 0.701. The summed E-state index contributed by atoms with van der Waals surface area (Å²) in [5, 5.41) is 0. The fourth-order valence-electron chi connectivity index (χ4n) is 3.03. The van der Waals surface area contributed by atoms with E-state index in [0.29, 0.717) is 0 Å². The molecule has 4 rings (SSSR count). The van der Waals surface area contributed by atoms with Crippen molar-refractivity contribution in [2.24, 2.45) is 0 Å². The average molecular weight is 255 g/mol. The molecule has 0 unspecified atom stereocenters. The van der Waals surface area contributed by atoms with Gasteiger partial charge in [-0.2, -0.15) is 0 Å². The van der Waals surface area contributed by atoms with E-state index in [2.05, 4.69) is 31.6 Å². The van der Waals surface area contributed by atoms with Crippen LogP contribution < -0.4 is 4.90 Å². The molecule has 5 nitrogen and oxygen atoms in total. The number of aromatic nitrogens is 4. The number of imidazole rings is 1. The molecule has 0 bridgehead atoms. The van der Waals surface area contributed by atoms with Crippen molar-refractivity contribution in [3.8, 4) is 0 Å². The predicted octanol–water partition coefficient (Wildman–Crippen LogP) is 1.93. The van der Waals surface area contributed by atoms with Crippen molar-refractivity contribution in [3.05, 3.63) is 24.3 Å². The van der Waals surface area contributed by atoms with Crippen LogP contribution in [0.1, 0.15) is 25.1 Å². The zero-order valence-electron chi connectivity index (χ0n) is 10.9. The van der Waals surface area contributed by atoms with Gasteiger partial charge >= 0.3 is 0 Å². The van der Waals surface area contributed by atoms with Crippen LogP contribution in [-0.2, 0) is 13.0 Å². The van der Waals surface area contributed by atoms with E-state index >= 15 is 0 Å². The van der Waals surface area contributed by atoms with Crippen molar-refractivity contribution in [1.29, 1.82) is 0 Å².